The first-order chi connectivity index (χ1) is 34.1. The van der Waals surface area contributed by atoms with Gasteiger partial charge >= 0.3 is 33.3 Å². The molecule has 3 unspecified atom stereocenters. The van der Waals surface area contributed by atoms with E-state index in [0.717, 1.165) is 75.0 Å². The van der Waals surface area contributed by atoms with Gasteiger partial charge in [-0.2, -0.15) is 9.29 Å². The summed E-state index contributed by atoms with van der Waals surface area (Å²) in [6.45, 7) is 1.79. The predicted octanol–water partition coefficient (Wildman–Crippen LogP) is 8.86. The largest absolute Gasteiger partial charge is 0.481 e. The van der Waals surface area contributed by atoms with E-state index in [1.807, 2.05) is 18.2 Å². The number of nitrogens with two attached hydrogens (primary N) is 1. The second kappa shape index (κ2) is 37.6. The van der Waals surface area contributed by atoms with Gasteiger partial charge in [0.15, 0.2) is 12.3 Å². The monoisotopic (exact) mass is 1040 g/mol. The lowest BCUT2D eigenvalue weighted by Gasteiger charge is -2.21. The Labute approximate surface area is 419 Å². The number of rotatable bonds is 39. The number of hydrogen-bond acceptors (Lipinski definition) is 16. The van der Waals surface area contributed by atoms with Crippen molar-refractivity contribution in [1.82, 2.24) is 9.55 Å². The van der Waals surface area contributed by atoms with E-state index in [2.05, 4.69) is 77.8 Å². The zero-order valence-electron chi connectivity index (χ0n) is 41.4. The number of carbonyl (C=O) groups excluding carboxylic acids is 2. The number of allylic oxidation sites excluding steroid dienone is 13. The minimum atomic E-state index is -5.47. The fourth-order valence-electron chi connectivity index (χ4n) is 6.74. The van der Waals surface area contributed by atoms with Gasteiger partial charge in [0.1, 0.15) is 30.7 Å². The van der Waals surface area contributed by atoms with Gasteiger partial charge < -0.3 is 45.1 Å². The summed E-state index contributed by atoms with van der Waals surface area (Å²) in [5.74, 6) is -1.54. The van der Waals surface area contributed by atoms with Gasteiger partial charge in [-0.1, -0.05) is 137 Å². The zero-order valence-corrected chi connectivity index (χ0v) is 43.1. The Morgan fingerprint density at radius 3 is 2.01 bits per heavy atom. The van der Waals surface area contributed by atoms with Crippen molar-refractivity contribution in [3.05, 3.63) is 108 Å². The topological polar surface area (TPSA) is 286 Å². The van der Waals surface area contributed by atoms with E-state index in [1.165, 1.54) is 31.7 Å². The molecule has 1 saturated heterocycles. The van der Waals surface area contributed by atoms with Gasteiger partial charge in [-0.05, 0) is 76.7 Å². The number of aliphatic hydroxyl groups is 3. The number of nitrogen functional groups attached to an aromatic ring is 1. The van der Waals surface area contributed by atoms with Gasteiger partial charge in [-0.3, -0.25) is 23.2 Å². The number of aromatic nitrogens is 2. The molecule has 21 heteroatoms. The maximum absolute atomic E-state index is 12.8. The SMILES string of the molecule is CC/C=C\C/C=C\C/C=C\C/C=C\C=C\C(O)CCCC(=O)OC[C@H](COP(=O)(O)OP(=O)(O)OC[C@H]1O[C@@H](n2ccc(N)nc2=O)[C@H](O)[C@@H]1O)OC(=O)CCCCCCC/C=C\C=C/CCCCCC. The van der Waals surface area contributed by atoms with Crippen LogP contribution in [0.15, 0.2) is 102 Å². The lowest BCUT2D eigenvalue weighted by atomic mass is 10.1. The molecule has 8 atom stereocenters. The summed E-state index contributed by atoms with van der Waals surface area (Å²) in [6.07, 6.45) is 35.5. The molecule has 1 aromatic rings. The number of anilines is 1. The highest BCUT2D eigenvalue weighted by Gasteiger charge is 2.46. The normalized spacial score (nSPS) is 20.3. The van der Waals surface area contributed by atoms with Crippen LogP contribution in [0, 0.1) is 0 Å². The standard InChI is InChI=1S/C50H79N3O16P2/c1-3-5-7-9-11-13-15-17-18-20-22-24-26-28-30-34-46(56)67-42(38-64-45(55)35-31-33-41(54)32-29-27-25-23-21-19-16-14-12-10-8-6-4-2)39-65-70(60,61)69-71(62,63)66-40-43-47(57)48(58)49(68-43)53-37-36-44(51)52-50(53)59/h6,8,12-15,17-19,21,25,27,29,32,36-37,41-43,47-49,54,57-58H,3-5,7,9-11,16,20,22-24,26,28,30-31,33-35,38-40H2,1-2H3,(H,60,61)(H,62,63)(H2,51,52,59)/b8-6-,14-12-,15-13-,18-17-,21-19-,27-25-,32-29+/t41?,42-,43-,47-,48-,49-/m1/s1. The number of unbranched alkanes of at least 4 members (excludes halogenated alkanes) is 9. The molecule has 0 aromatic carbocycles. The zero-order chi connectivity index (χ0) is 52.2. The molecule has 400 valence electrons. The van der Waals surface area contributed by atoms with E-state index in [4.69, 9.17) is 29.0 Å². The summed E-state index contributed by atoms with van der Waals surface area (Å²) in [6, 6.07) is 1.23. The number of aliphatic hydroxyl groups excluding tert-OH is 3. The van der Waals surface area contributed by atoms with Gasteiger partial charge in [0.05, 0.1) is 19.3 Å². The third-order valence-electron chi connectivity index (χ3n) is 10.6. The van der Waals surface area contributed by atoms with E-state index in [9.17, 15) is 48.6 Å². The molecule has 71 heavy (non-hydrogen) atoms. The van der Waals surface area contributed by atoms with Crippen molar-refractivity contribution in [2.45, 2.75) is 173 Å². The lowest BCUT2D eigenvalue weighted by molar-refractivity contribution is -0.161. The van der Waals surface area contributed by atoms with Crippen LogP contribution in [0.2, 0.25) is 0 Å². The van der Waals surface area contributed by atoms with Crippen molar-refractivity contribution >= 4 is 33.4 Å². The van der Waals surface area contributed by atoms with Gasteiger partial charge in [-0.25, -0.2) is 13.9 Å². The minimum absolute atomic E-state index is 0.0131. The molecule has 7 N–H and O–H groups in total. The van der Waals surface area contributed by atoms with Crippen LogP contribution >= 0.6 is 15.6 Å². The third-order valence-corrected chi connectivity index (χ3v) is 13.2. The van der Waals surface area contributed by atoms with Crippen LogP contribution in [0.5, 0.6) is 0 Å². The Kier molecular flexibility index (Phi) is 33.4. The van der Waals surface area contributed by atoms with Gasteiger partial charge in [0.25, 0.3) is 0 Å². The van der Waals surface area contributed by atoms with Crippen molar-refractivity contribution in [1.29, 1.82) is 0 Å². The second-order valence-electron chi connectivity index (χ2n) is 16.8. The van der Waals surface area contributed by atoms with Crippen LogP contribution in [-0.2, 0) is 46.3 Å². The fourth-order valence-corrected chi connectivity index (χ4v) is 8.85. The summed E-state index contributed by atoms with van der Waals surface area (Å²) in [7, 11) is -10.9. The predicted molar refractivity (Wildman–Crippen MR) is 271 cm³/mol. The Hall–Kier alpha value is -4.10. The molecular weight excluding hydrogens is 961 g/mol. The Bertz CT molecular complexity index is 2040. The molecule has 0 radical (unpaired) electrons. The highest BCUT2D eigenvalue weighted by atomic mass is 31.3. The minimum Gasteiger partial charge on any atom is -0.462 e. The van der Waals surface area contributed by atoms with E-state index < -0.39 is 89.8 Å². The summed E-state index contributed by atoms with van der Waals surface area (Å²) in [5.41, 5.74) is 4.57. The van der Waals surface area contributed by atoms with Crippen molar-refractivity contribution in [3.63, 3.8) is 0 Å². The number of esters is 2. The van der Waals surface area contributed by atoms with Crippen LogP contribution in [0.25, 0.3) is 0 Å². The summed E-state index contributed by atoms with van der Waals surface area (Å²) < 4.78 is 56.5. The van der Waals surface area contributed by atoms with E-state index in [-0.39, 0.29) is 31.5 Å². The van der Waals surface area contributed by atoms with Crippen LogP contribution in [-0.4, -0.2) is 96.9 Å². The smallest absolute Gasteiger partial charge is 0.462 e. The van der Waals surface area contributed by atoms with Gasteiger partial charge in [0.2, 0.25) is 0 Å². The summed E-state index contributed by atoms with van der Waals surface area (Å²) in [4.78, 5) is 61.9. The number of ether oxygens (including phenoxy) is 3. The molecule has 0 saturated carbocycles. The average Bonchev–Trinajstić information content (AvgIpc) is 3.60. The van der Waals surface area contributed by atoms with Crippen LogP contribution < -0.4 is 11.4 Å². The van der Waals surface area contributed by atoms with Gasteiger partial charge in [0, 0.05) is 19.0 Å². The molecule has 2 heterocycles. The number of phosphoric ester groups is 2. The van der Waals surface area contributed by atoms with Crippen LogP contribution in [0.4, 0.5) is 5.82 Å². The molecule has 1 fully saturated rings. The molecule has 19 nitrogen and oxygen atoms in total. The fraction of sp³-hybridized carbons (Fsp3) is 0.600. The van der Waals surface area contributed by atoms with Gasteiger partial charge in [-0.15, -0.1) is 0 Å². The number of nitrogens with zero attached hydrogens (tertiary/aromatic N) is 2. The van der Waals surface area contributed by atoms with Crippen LogP contribution in [0.3, 0.4) is 0 Å². The Morgan fingerprint density at radius 1 is 0.761 bits per heavy atom. The first kappa shape index (κ1) is 63.0. The third kappa shape index (κ3) is 30.5. The van der Waals surface area contributed by atoms with Crippen LogP contribution in [0.1, 0.15) is 142 Å². The number of phosphoric acid groups is 2. The Balaban J connectivity index is 1.87. The highest BCUT2D eigenvalue weighted by molar-refractivity contribution is 7.61. The summed E-state index contributed by atoms with van der Waals surface area (Å²) >= 11 is 0. The highest BCUT2D eigenvalue weighted by Crippen LogP contribution is 2.60. The summed E-state index contributed by atoms with van der Waals surface area (Å²) in [5, 5.41) is 31.2. The number of hydrogen-bond donors (Lipinski definition) is 6. The molecule has 1 aliphatic heterocycles. The van der Waals surface area contributed by atoms with E-state index in [1.54, 1.807) is 12.2 Å². The average molecular weight is 1040 g/mol. The molecule has 1 aromatic heterocycles. The van der Waals surface area contributed by atoms with Crippen molar-refractivity contribution in [2.75, 3.05) is 25.6 Å². The maximum atomic E-state index is 12.8. The van der Waals surface area contributed by atoms with Crippen molar-refractivity contribution in [3.8, 4) is 0 Å². The Morgan fingerprint density at radius 2 is 1.35 bits per heavy atom. The molecule has 0 amide bonds. The van der Waals surface area contributed by atoms with Crippen molar-refractivity contribution < 1.29 is 71.4 Å². The molecule has 0 bridgehead atoms. The maximum Gasteiger partial charge on any atom is 0.481 e. The van der Waals surface area contributed by atoms with E-state index in [0.29, 0.717) is 6.42 Å². The molecule has 2 rings (SSSR count). The molecular formula is C50H79N3O16P2. The van der Waals surface area contributed by atoms with E-state index >= 15 is 0 Å². The lowest BCUT2D eigenvalue weighted by Crippen LogP contribution is -2.36. The first-order valence-corrected chi connectivity index (χ1v) is 27.7. The first-order valence-electron chi connectivity index (χ1n) is 24.7. The quantitative estimate of drug-likeness (QED) is 0.0118. The molecule has 0 spiro atoms. The van der Waals surface area contributed by atoms with Crippen molar-refractivity contribution in [2.24, 2.45) is 0 Å². The molecule has 1 aliphatic rings. The number of carbonyl (C=O) groups is 2. The molecule has 0 aliphatic carbocycles. The second-order valence-corrected chi connectivity index (χ2v) is 19.9.